The fraction of sp³-hybridized carbons (Fsp3) is 0.625. The van der Waals surface area contributed by atoms with Crippen LogP contribution in [-0.4, -0.2) is 44.1 Å². The van der Waals surface area contributed by atoms with Crippen molar-refractivity contribution in [1.29, 1.82) is 0 Å². The number of nitrogens with one attached hydrogen (secondary N) is 1. The van der Waals surface area contributed by atoms with Crippen LogP contribution in [0.3, 0.4) is 0 Å². The van der Waals surface area contributed by atoms with Crippen LogP contribution in [0.1, 0.15) is 25.3 Å². The summed E-state index contributed by atoms with van der Waals surface area (Å²) in [7, 11) is 0. The molecule has 1 fully saturated rings. The SMILES string of the molecule is CCCC(O)CNCc1ccccc1N1CCOCC1. The molecule has 1 aliphatic rings. The van der Waals surface area contributed by atoms with Gasteiger partial charge in [0.2, 0.25) is 0 Å². The molecule has 0 spiro atoms. The number of aliphatic hydroxyl groups excluding tert-OH is 1. The summed E-state index contributed by atoms with van der Waals surface area (Å²) >= 11 is 0. The molecule has 0 saturated carbocycles. The highest BCUT2D eigenvalue weighted by Gasteiger charge is 2.14. The molecular weight excluding hydrogens is 252 g/mol. The Labute approximate surface area is 121 Å². The first-order valence-electron chi connectivity index (χ1n) is 7.60. The highest BCUT2D eigenvalue weighted by molar-refractivity contribution is 5.53. The summed E-state index contributed by atoms with van der Waals surface area (Å²) in [5, 5.41) is 13.1. The molecule has 2 rings (SSSR count). The average Bonchev–Trinajstić information content (AvgIpc) is 2.49. The zero-order valence-electron chi connectivity index (χ0n) is 12.3. The van der Waals surface area contributed by atoms with Gasteiger partial charge in [0.05, 0.1) is 19.3 Å². The van der Waals surface area contributed by atoms with E-state index in [4.69, 9.17) is 4.74 Å². The van der Waals surface area contributed by atoms with Crippen LogP contribution in [0.4, 0.5) is 5.69 Å². The molecule has 0 bridgehead atoms. The van der Waals surface area contributed by atoms with Gasteiger partial charge in [-0.2, -0.15) is 0 Å². The van der Waals surface area contributed by atoms with Gasteiger partial charge in [-0.1, -0.05) is 31.5 Å². The van der Waals surface area contributed by atoms with Crippen molar-refractivity contribution in [3.8, 4) is 0 Å². The fourth-order valence-electron chi connectivity index (χ4n) is 2.58. The molecule has 1 aromatic carbocycles. The minimum Gasteiger partial charge on any atom is -0.392 e. The van der Waals surface area contributed by atoms with E-state index in [1.165, 1.54) is 11.3 Å². The molecule has 4 heteroatoms. The number of hydrogen-bond donors (Lipinski definition) is 2. The Kier molecular flexibility index (Phi) is 6.30. The summed E-state index contributed by atoms with van der Waals surface area (Å²) in [6.45, 7) is 7.06. The molecular formula is C16H26N2O2. The number of anilines is 1. The van der Waals surface area contributed by atoms with Gasteiger partial charge >= 0.3 is 0 Å². The third-order valence-corrected chi connectivity index (χ3v) is 3.66. The molecule has 0 aromatic heterocycles. The third kappa shape index (κ3) is 4.47. The zero-order valence-corrected chi connectivity index (χ0v) is 12.3. The number of morpholine rings is 1. The molecule has 1 heterocycles. The van der Waals surface area contributed by atoms with Gasteiger partial charge in [-0.05, 0) is 18.1 Å². The minimum atomic E-state index is -0.240. The summed E-state index contributed by atoms with van der Waals surface area (Å²) < 4.78 is 5.41. The second-order valence-corrected chi connectivity index (χ2v) is 5.30. The van der Waals surface area contributed by atoms with Gasteiger partial charge < -0.3 is 20.1 Å². The van der Waals surface area contributed by atoms with Crippen LogP contribution < -0.4 is 10.2 Å². The van der Waals surface area contributed by atoms with Crippen LogP contribution in [-0.2, 0) is 11.3 Å². The number of ether oxygens (including phenoxy) is 1. The topological polar surface area (TPSA) is 44.7 Å². The van der Waals surface area contributed by atoms with Gasteiger partial charge in [-0.3, -0.25) is 0 Å². The van der Waals surface area contributed by atoms with E-state index in [1.807, 2.05) is 0 Å². The summed E-state index contributed by atoms with van der Waals surface area (Å²) in [5.74, 6) is 0. The van der Waals surface area contributed by atoms with Gasteiger partial charge in [-0.25, -0.2) is 0 Å². The lowest BCUT2D eigenvalue weighted by molar-refractivity contribution is 0.122. The van der Waals surface area contributed by atoms with E-state index in [2.05, 4.69) is 41.4 Å². The normalized spacial score (nSPS) is 17.2. The Bertz CT molecular complexity index is 392. The largest absolute Gasteiger partial charge is 0.392 e. The smallest absolute Gasteiger partial charge is 0.0664 e. The van der Waals surface area contributed by atoms with Gasteiger partial charge in [0, 0.05) is 31.9 Å². The number of para-hydroxylation sites is 1. The first kappa shape index (κ1) is 15.3. The van der Waals surface area contributed by atoms with Crippen molar-refractivity contribution < 1.29 is 9.84 Å². The Balaban J connectivity index is 1.90. The fourth-order valence-corrected chi connectivity index (χ4v) is 2.58. The van der Waals surface area contributed by atoms with Crippen LogP contribution >= 0.6 is 0 Å². The third-order valence-electron chi connectivity index (χ3n) is 3.66. The standard InChI is InChI=1S/C16H26N2O2/c1-2-5-15(19)13-17-12-14-6-3-4-7-16(14)18-8-10-20-11-9-18/h3-4,6-7,15,17,19H,2,5,8-13H2,1H3. The molecule has 0 aliphatic carbocycles. The molecule has 20 heavy (non-hydrogen) atoms. The Morgan fingerprint density at radius 1 is 1.30 bits per heavy atom. The maximum atomic E-state index is 9.76. The monoisotopic (exact) mass is 278 g/mol. The molecule has 1 atom stereocenters. The van der Waals surface area contributed by atoms with E-state index in [-0.39, 0.29) is 6.10 Å². The summed E-state index contributed by atoms with van der Waals surface area (Å²) in [5.41, 5.74) is 2.58. The minimum absolute atomic E-state index is 0.240. The number of aliphatic hydroxyl groups is 1. The van der Waals surface area contributed by atoms with Crippen LogP contribution in [0, 0.1) is 0 Å². The van der Waals surface area contributed by atoms with E-state index in [0.29, 0.717) is 6.54 Å². The molecule has 4 nitrogen and oxygen atoms in total. The van der Waals surface area contributed by atoms with Crippen molar-refractivity contribution in [2.45, 2.75) is 32.4 Å². The van der Waals surface area contributed by atoms with Gasteiger partial charge in [0.15, 0.2) is 0 Å². The Morgan fingerprint density at radius 3 is 2.80 bits per heavy atom. The van der Waals surface area contributed by atoms with Gasteiger partial charge in [0.25, 0.3) is 0 Å². The molecule has 1 saturated heterocycles. The van der Waals surface area contributed by atoms with E-state index in [0.717, 1.165) is 45.7 Å². The van der Waals surface area contributed by atoms with Crippen LogP contribution in [0.2, 0.25) is 0 Å². The van der Waals surface area contributed by atoms with Crippen molar-refractivity contribution in [1.82, 2.24) is 5.32 Å². The highest BCUT2D eigenvalue weighted by Crippen LogP contribution is 2.21. The number of rotatable bonds is 7. The quantitative estimate of drug-likeness (QED) is 0.798. The maximum Gasteiger partial charge on any atom is 0.0664 e. The first-order valence-corrected chi connectivity index (χ1v) is 7.60. The number of benzene rings is 1. The molecule has 2 N–H and O–H groups in total. The molecule has 1 aliphatic heterocycles. The zero-order chi connectivity index (χ0) is 14.2. The van der Waals surface area contributed by atoms with Crippen LogP contribution in [0.5, 0.6) is 0 Å². The second-order valence-electron chi connectivity index (χ2n) is 5.30. The van der Waals surface area contributed by atoms with E-state index in [9.17, 15) is 5.11 Å². The Morgan fingerprint density at radius 2 is 2.05 bits per heavy atom. The lowest BCUT2D eigenvalue weighted by Gasteiger charge is -2.30. The highest BCUT2D eigenvalue weighted by atomic mass is 16.5. The van der Waals surface area contributed by atoms with Crippen molar-refractivity contribution in [2.24, 2.45) is 0 Å². The summed E-state index contributed by atoms with van der Waals surface area (Å²) in [6.07, 6.45) is 1.64. The van der Waals surface area contributed by atoms with Crippen molar-refractivity contribution in [3.05, 3.63) is 29.8 Å². The predicted octanol–water partition coefficient (Wildman–Crippen LogP) is 1.77. The first-order chi connectivity index (χ1) is 9.81. The molecule has 1 aromatic rings. The van der Waals surface area contributed by atoms with Gasteiger partial charge in [0.1, 0.15) is 0 Å². The molecule has 0 radical (unpaired) electrons. The lowest BCUT2D eigenvalue weighted by Crippen LogP contribution is -2.37. The van der Waals surface area contributed by atoms with Crippen molar-refractivity contribution in [3.63, 3.8) is 0 Å². The lowest BCUT2D eigenvalue weighted by atomic mass is 10.1. The van der Waals surface area contributed by atoms with Crippen LogP contribution in [0.15, 0.2) is 24.3 Å². The number of hydrogen-bond acceptors (Lipinski definition) is 4. The molecule has 0 amide bonds. The molecule has 1 unspecified atom stereocenters. The van der Waals surface area contributed by atoms with Crippen molar-refractivity contribution >= 4 is 5.69 Å². The van der Waals surface area contributed by atoms with E-state index in [1.54, 1.807) is 0 Å². The predicted molar refractivity (Wildman–Crippen MR) is 82.1 cm³/mol. The summed E-state index contributed by atoms with van der Waals surface area (Å²) in [6, 6.07) is 8.48. The van der Waals surface area contributed by atoms with E-state index >= 15 is 0 Å². The van der Waals surface area contributed by atoms with E-state index < -0.39 is 0 Å². The van der Waals surface area contributed by atoms with Crippen molar-refractivity contribution in [2.75, 3.05) is 37.7 Å². The average molecular weight is 278 g/mol. The Hall–Kier alpha value is -1.10. The van der Waals surface area contributed by atoms with Crippen LogP contribution in [0.25, 0.3) is 0 Å². The molecule has 112 valence electrons. The van der Waals surface area contributed by atoms with Gasteiger partial charge in [-0.15, -0.1) is 0 Å². The maximum absolute atomic E-state index is 9.76. The number of nitrogens with zero attached hydrogens (tertiary/aromatic N) is 1. The summed E-state index contributed by atoms with van der Waals surface area (Å²) in [4.78, 5) is 2.38. The second kappa shape index (κ2) is 8.25.